The van der Waals surface area contributed by atoms with E-state index in [-0.39, 0.29) is 5.92 Å². The molecule has 0 aliphatic rings. The van der Waals surface area contributed by atoms with Gasteiger partial charge in [-0.1, -0.05) is 13.8 Å². The Morgan fingerprint density at radius 3 is 2.59 bits per heavy atom. The van der Waals surface area contributed by atoms with E-state index in [2.05, 4.69) is 6.07 Å². The number of furan rings is 1. The largest absolute Gasteiger partial charge is 0.508 e. The maximum Gasteiger partial charge on any atom is 0.140 e. The van der Waals surface area contributed by atoms with E-state index in [9.17, 15) is 5.11 Å². The summed E-state index contributed by atoms with van der Waals surface area (Å²) in [6.45, 7) is 8.12. The van der Waals surface area contributed by atoms with Gasteiger partial charge in [-0.25, -0.2) is 0 Å². The molecular formula is C19H20O3. The zero-order valence-electron chi connectivity index (χ0n) is 13.3. The Morgan fingerprint density at radius 2 is 1.86 bits per heavy atom. The quantitative estimate of drug-likeness (QED) is 0.677. The van der Waals surface area contributed by atoms with E-state index in [0.717, 1.165) is 39.2 Å². The third kappa shape index (κ3) is 2.43. The van der Waals surface area contributed by atoms with Gasteiger partial charge in [0.2, 0.25) is 0 Å². The highest BCUT2D eigenvalue weighted by molar-refractivity contribution is 5.84. The number of phenolic OH excluding ortho intramolecular Hbond substituents is 1. The third-order valence-electron chi connectivity index (χ3n) is 3.95. The van der Waals surface area contributed by atoms with E-state index in [4.69, 9.17) is 9.15 Å². The number of hydrogen-bond donors (Lipinski definition) is 1. The van der Waals surface area contributed by atoms with E-state index in [1.807, 2.05) is 39.8 Å². The Labute approximate surface area is 130 Å². The van der Waals surface area contributed by atoms with Gasteiger partial charge < -0.3 is 14.3 Å². The standard InChI is InChI=1S/C19H20O3/c1-11(2)16-10-15(5-6-17(16)20)22-18-12(3)9-14-7-8-21-19(14)13(18)4/h5-11,20H,1-4H3. The summed E-state index contributed by atoms with van der Waals surface area (Å²) in [5, 5.41) is 11.0. The van der Waals surface area contributed by atoms with Gasteiger partial charge >= 0.3 is 0 Å². The average molecular weight is 296 g/mol. The van der Waals surface area contributed by atoms with Gasteiger partial charge in [0.05, 0.1) is 6.26 Å². The van der Waals surface area contributed by atoms with Gasteiger partial charge in [-0.15, -0.1) is 0 Å². The second-order valence-electron chi connectivity index (χ2n) is 5.96. The van der Waals surface area contributed by atoms with Crippen molar-refractivity contribution in [3.8, 4) is 17.2 Å². The molecule has 0 radical (unpaired) electrons. The molecule has 0 aliphatic carbocycles. The highest BCUT2D eigenvalue weighted by Crippen LogP contribution is 2.37. The van der Waals surface area contributed by atoms with Crippen LogP contribution >= 0.6 is 0 Å². The lowest BCUT2D eigenvalue weighted by Gasteiger charge is -2.15. The highest BCUT2D eigenvalue weighted by atomic mass is 16.5. The van der Waals surface area contributed by atoms with Crippen molar-refractivity contribution in [2.45, 2.75) is 33.6 Å². The molecule has 0 spiro atoms. The zero-order valence-corrected chi connectivity index (χ0v) is 13.3. The number of aryl methyl sites for hydroxylation is 2. The predicted octanol–water partition coefficient (Wildman–Crippen LogP) is 5.67. The smallest absolute Gasteiger partial charge is 0.140 e. The van der Waals surface area contributed by atoms with Gasteiger partial charge in [0.15, 0.2) is 0 Å². The van der Waals surface area contributed by atoms with Gasteiger partial charge in [-0.3, -0.25) is 0 Å². The van der Waals surface area contributed by atoms with E-state index in [0.29, 0.717) is 5.75 Å². The molecule has 3 rings (SSSR count). The first kappa shape index (κ1) is 14.5. The van der Waals surface area contributed by atoms with Crippen LogP contribution in [0, 0.1) is 13.8 Å². The van der Waals surface area contributed by atoms with Crippen molar-refractivity contribution in [3.63, 3.8) is 0 Å². The van der Waals surface area contributed by atoms with Crippen molar-refractivity contribution in [2.24, 2.45) is 0 Å². The Kier molecular flexibility index (Phi) is 3.57. The molecule has 3 aromatic rings. The molecule has 0 aliphatic heterocycles. The summed E-state index contributed by atoms with van der Waals surface area (Å²) in [6, 6.07) is 9.37. The molecule has 2 aromatic carbocycles. The molecule has 1 N–H and O–H groups in total. The normalized spacial score (nSPS) is 11.3. The third-order valence-corrected chi connectivity index (χ3v) is 3.95. The molecule has 0 amide bonds. The molecule has 0 fully saturated rings. The lowest BCUT2D eigenvalue weighted by molar-refractivity contribution is 0.452. The van der Waals surface area contributed by atoms with E-state index in [1.165, 1.54) is 0 Å². The first-order valence-corrected chi connectivity index (χ1v) is 7.45. The molecular weight excluding hydrogens is 276 g/mol. The summed E-state index contributed by atoms with van der Waals surface area (Å²) in [5.74, 6) is 2.07. The summed E-state index contributed by atoms with van der Waals surface area (Å²) in [4.78, 5) is 0. The second-order valence-corrected chi connectivity index (χ2v) is 5.96. The molecule has 1 heterocycles. The topological polar surface area (TPSA) is 42.6 Å². The second kappa shape index (κ2) is 5.41. The minimum absolute atomic E-state index is 0.235. The molecule has 0 saturated heterocycles. The van der Waals surface area contributed by atoms with Crippen LogP contribution in [0.4, 0.5) is 0 Å². The minimum Gasteiger partial charge on any atom is -0.508 e. The van der Waals surface area contributed by atoms with Crippen LogP contribution in [0.3, 0.4) is 0 Å². The highest BCUT2D eigenvalue weighted by Gasteiger charge is 2.14. The summed E-state index contributed by atoms with van der Waals surface area (Å²) < 4.78 is 11.6. The van der Waals surface area contributed by atoms with Crippen LogP contribution in [0.25, 0.3) is 11.0 Å². The molecule has 114 valence electrons. The van der Waals surface area contributed by atoms with Crippen LogP contribution in [0.5, 0.6) is 17.2 Å². The van der Waals surface area contributed by atoms with Crippen LogP contribution in [-0.2, 0) is 0 Å². The van der Waals surface area contributed by atoms with Gasteiger partial charge in [0.1, 0.15) is 22.8 Å². The molecule has 1 aromatic heterocycles. The van der Waals surface area contributed by atoms with E-state index >= 15 is 0 Å². The Bertz CT molecular complexity index is 828. The molecule has 0 bridgehead atoms. The maximum absolute atomic E-state index is 9.92. The fraction of sp³-hybridized carbons (Fsp3) is 0.263. The maximum atomic E-state index is 9.92. The molecule has 3 nitrogen and oxygen atoms in total. The first-order valence-electron chi connectivity index (χ1n) is 7.45. The molecule has 0 atom stereocenters. The van der Waals surface area contributed by atoms with Gasteiger partial charge in [-0.05, 0) is 55.7 Å². The fourth-order valence-corrected chi connectivity index (χ4v) is 2.77. The number of hydrogen-bond acceptors (Lipinski definition) is 3. The molecule has 3 heteroatoms. The van der Waals surface area contributed by atoms with Crippen molar-refractivity contribution in [2.75, 3.05) is 0 Å². The van der Waals surface area contributed by atoms with Crippen molar-refractivity contribution in [3.05, 3.63) is 53.3 Å². The van der Waals surface area contributed by atoms with Crippen LogP contribution in [0.15, 0.2) is 41.0 Å². The van der Waals surface area contributed by atoms with Crippen molar-refractivity contribution in [1.29, 1.82) is 0 Å². The summed E-state index contributed by atoms with van der Waals surface area (Å²) in [6.07, 6.45) is 1.69. The predicted molar refractivity (Wildman–Crippen MR) is 88.0 cm³/mol. The lowest BCUT2D eigenvalue weighted by atomic mass is 10.0. The minimum atomic E-state index is 0.235. The number of aromatic hydroxyl groups is 1. The SMILES string of the molecule is Cc1cc2ccoc2c(C)c1Oc1ccc(O)c(C(C)C)c1. The van der Waals surface area contributed by atoms with E-state index < -0.39 is 0 Å². The Balaban J connectivity index is 2.05. The number of ether oxygens (including phenoxy) is 1. The first-order chi connectivity index (χ1) is 10.5. The lowest BCUT2D eigenvalue weighted by Crippen LogP contribution is -1.94. The summed E-state index contributed by atoms with van der Waals surface area (Å²) in [5.41, 5.74) is 3.78. The number of rotatable bonds is 3. The van der Waals surface area contributed by atoms with Crippen LogP contribution in [0.1, 0.15) is 36.5 Å². The van der Waals surface area contributed by atoms with Crippen LogP contribution in [-0.4, -0.2) is 5.11 Å². The van der Waals surface area contributed by atoms with Gasteiger partial charge in [0.25, 0.3) is 0 Å². The fourth-order valence-electron chi connectivity index (χ4n) is 2.77. The summed E-state index contributed by atoms with van der Waals surface area (Å²) >= 11 is 0. The Morgan fingerprint density at radius 1 is 1.09 bits per heavy atom. The summed E-state index contributed by atoms with van der Waals surface area (Å²) in [7, 11) is 0. The molecule has 22 heavy (non-hydrogen) atoms. The molecule has 0 unspecified atom stereocenters. The van der Waals surface area contributed by atoms with Gasteiger partial charge in [0, 0.05) is 16.5 Å². The molecule has 0 saturated carbocycles. The van der Waals surface area contributed by atoms with Crippen LogP contribution in [0.2, 0.25) is 0 Å². The Hall–Kier alpha value is -2.42. The average Bonchev–Trinajstić information content (AvgIpc) is 2.93. The monoisotopic (exact) mass is 296 g/mol. The van der Waals surface area contributed by atoms with Crippen molar-refractivity contribution in [1.82, 2.24) is 0 Å². The zero-order chi connectivity index (χ0) is 15.9. The van der Waals surface area contributed by atoms with Crippen molar-refractivity contribution < 1.29 is 14.3 Å². The van der Waals surface area contributed by atoms with Gasteiger partial charge in [-0.2, -0.15) is 0 Å². The number of benzene rings is 2. The van der Waals surface area contributed by atoms with Crippen molar-refractivity contribution >= 4 is 11.0 Å². The number of phenols is 1. The number of fused-ring (bicyclic) bond motifs is 1. The van der Waals surface area contributed by atoms with Crippen LogP contribution < -0.4 is 4.74 Å². The van der Waals surface area contributed by atoms with E-state index in [1.54, 1.807) is 18.4 Å².